The first-order valence-electron chi connectivity index (χ1n) is 11.2. The van der Waals surface area contributed by atoms with Crippen LogP contribution in [0.4, 0.5) is 4.39 Å². The number of nitrogens with two attached hydrogens (primary N) is 1. The Bertz CT molecular complexity index is 746. The molecule has 0 aliphatic heterocycles. The number of carbonyl (C=O) groups excluding carboxylic acids is 1. The van der Waals surface area contributed by atoms with Crippen molar-refractivity contribution in [2.45, 2.75) is 69.2 Å². The fraction of sp³-hybridized carbons (Fsp3) is 0.708. The summed E-state index contributed by atoms with van der Waals surface area (Å²) in [5.74, 6) is 1.24. The van der Waals surface area contributed by atoms with Gasteiger partial charge in [-0.15, -0.1) is 0 Å². The molecule has 6 rings (SSSR count). The molecule has 28 heavy (non-hydrogen) atoms. The molecule has 3 nitrogen and oxygen atoms in total. The minimum atomic E-state index is -0.509. The molecule has 0 radical (unpaired) electrons. The third-order valence-corrected chi connectivity index (χ3v) is 8.92. The zero-order valence-electron chi connectivity index (χ0n) is 16.8. The third kappa shape index (κ3) is 2.52. The van der Waals surface area contributed by atoms with E-state index in [0.29, 0.717) is 11.8 Å². The molecule has 1 aromatic rings. The second-order valence-electron chi connectivity index (χ2n) is 10.4. The van der Waals surface area contributed by atoms with Crippen molar-refractivity contribution in [3.8, 4) is 0 Å². The van der Waals surface area contributed by atoms with E-state index in [4.69, 9.17) is 5.73 Å². The second-order valence-corrected chi connectivity index (χ2v) is 10.4. The molecule has 0 saturated heterocycles. The van der Waals surface area contributed by atoms with Gasteiger partial charge in [0.05, 0.1) is 12.1 Å². The zero-order chi connectivity index (χ0) is 19.4. The summed E-state index contributed by atoms with van der Waals surface area (Å²) in [6.45, 7) is 0.391. The Balaban J connectivity index is 1.41. The Kier molecular flexibility index (Phi) is 4.35. The van der Waals surface area contributed by atoms with E-state index in [1.54, 1.807) is 0 Å². The lowest BCUT2D eigenvalue weighted by Crippen LogP contribution is -2.51. The van der Waals surface area contributed by atoms with Crippen LogP contribution in [0.5, 0.6) is 0 Å². The molecule has 5 fully saturated rings. The molecule has 5 aliphatic rings. The Hall–Kier alpha value is -1.42. The maximum Gasteiger partial charge on any atom is 0.227 e. The summed E-state index contributed by atoms with van der Waals surface area (Å²) >= 11 is 0. The van der Waals surface area contributed by atoms with Gasteiger partial charge in [-0.1, -0.05) is 30.3 Å². The van der Waals surface area contributed by atoms with E-state index in [0.717, 1.165) is 64.3 Å². The van der Waals surface area contributed by atoms with E-state index in [2.05, 4.69) is 29.6 Å². The molecule has 3 N–H and O–H groups in total. The molecule has 4 bridgehead atoms. The molecular formula is C24H33FN2O. The van der Waals surface area contributed by atoms with Crippen LogP contribution in [0.2, 0.25) is 0 Å². The van der Waals surface area contributed by atoms with Crippen LogP contribution in [0.3, 0.4) is 0 Å². The van der Waals surface area contributed by atoms with Crippen LogP contribution in [0.1, 0.15) is 63.4 Å². The lowest BCUT2D eigenvalue weighted by Gasteiger charge is -2.41. The van der Waals surface area contributed by atoms with E-state index in [-0.39, 0.29) is 24.0 Å². The molecular weight excluding hydrogens is 351 g/mol. The molecule has 4 atom stereocenters. The van der Waals surface area contributed by atoms with E-state index >= 15 is 0 Å². The van der Waals surface area contributed by atoms with Crippen molar-refractivity contribution in [1.29, 1.82) is 0 Å². The average Bonchev–Trinajstić information content (AvgIpc) is 3.09. The number of hydrogen-bond acceptors (Lipinski definition) is 2. The van der Waals surface area contributed by atoms with E-state index in [9.17, 15) is 9.18 Å². The number of hydrogen-bond donors (Lipinski definition) is 2. The summed E-state index contributed by atoms with van der Waals surface area (Å²) < 4.78 is 14.6. The lowest BCUT2D eigenvalue weighted by atomic mass is 9.63. The monoisotopic (exact) mass is 384 g/mol. The molecule has 0 spiro atoms. The molecule has 0 heterocycles. The smallest absolute Gasteiger partial charge is 0.227 e. The van der Waals surface area contributed by atoms with Crippen molar-refractivity contribution in [1.82, 2.24) is 5.32 Å². The van der Waals surface area contributed by atoms with Crippen LogP contribution in [-0.2, 0) is 10.2 Å². The molecule has 4 heteroatoms. The molecule has 152 valence electrons. The summed E-state index contributed by atoms with van der Waals surface area (Å²) in [4.78, 5) is 13.7. The summed E-state index contributed by atoms with van der Waals surface area (Å²) in [6, 6.07) is 10.8. The Morgan fingerprint density at radius 2 is 1.82 bits per heavy atom. The fourth-order valence-corrected chi connectivity index (χ4v) is 7.78. The first kappa shape index (κ1) is 18.6. The van der Waals surface area contributed by atoms with Crippen LogP contribution >= 0.6 is 0 Å². The van der Waals surface area contributed by atoms with Gasteiger partial charge in [0.25, 0.3) is 0 Å². The Morgan fingerprint density at radius 3 is 2.50 bits per heavy atom. The maximum atomic E-state index is 14.6. The van der Waals surface area contributed by atoms with Crippen molar-refractivity contribution in [3.05, 3.63) is 35.9 Å². The number of halogens is 1. The summed E-state index contributed by atoms with van der Waals surface area (Å²) in [5.41, 5.74) is 6.16. The number of nitrogens with one attached hydrogen (secondary N) is 1. The fourth-order valence-electron chi connectivity index (χ4n) is 7.78. The number of benzene rings is 1. The predicted molar refractivity (Wildman–Crippen MR) is 108 cm³/mol. The highest BCUT2D eigenvalue weighted by Crippen LogP contribution is 2.76. The van der Waals surface area contributed by atoms with Gasteiger partial charge in [-0.3, -0.25) is 9.18 Å². The van der Waals surface area contributed by atoms with Crippen molar-refractivity contribution in [2.24, 2.45) is 28.4 Å². The quantitative estimate of drug-likeness (QED) is 0.803. The van der Waals surface area contributed by atoms with E-state index in [1.807, 2.05) is 6.07 Å². The number of amides is 1. The molecule has 1 aromatic carbocycles. The van der Waals surface area contributed by atoms with Gasteiger partial charge in [-0.25, -0.2) is 0 Å². The van der Waals surface area contributed by atoms with Crippen LogP contribution in [0, 0.1) is 22.7 Å². The van der Waals surface area contributed by atoms with E-state index < -0.39 is 10.8 Å². The maximum absolute atomic E-state index is 14.6. The minimum absolute atomic E-state index is 0.0108. The topological polar surface area (TPSA) is 55.1 Å². The highest BCUT2D eigenvalue weighted by atomic mass is 19.1. The highest BCUT2D eigenvalue weighted by Gasteiger charge is 2.74. The molecule has 2 unspecified atom stereocenters. The summed E-state index contributed by atoms with van der Waals surface area (Å²) in [7, 11) is 0. The largest absolute Gasteiger partial charge is 0.353 e. The van der Waals surface area contributed by atoms with Gasteiger partial charge in [0, 0.05) is 11.5 Å². The summed E-state index contributed by atoms with van der Waals surface area (Å²) in [5, 5.41) is 3.39. The van der Waals surface area contributed by atoms with E-state index in [1.165, 1.54) is 5.56 Å². The van der Waals surface area contributed by atoms with Gasteiger partial charge < -0.3 is 11.1 Å². The number of alkyl halides is 1. The zero-order valence-corrected chi connectivity index (χ0v) is 16.8. The Labute approximate surface area is 167 Å². The van der Waals surface area contributed by atoms with Crippen LogP contribution in [-0.4, -0.2) is 25.2 Å². The van der Waals surface area contributed by atoms with Gasteiger partial charge in [0.2, 0.25) is 5.91 Å². The molecule has 5 saturated carbocycles. The van der Waals surface area contributed by atoms with Crippen LogP contribution in [0.15, 0.2) is 30.3 Å². The van der Waals surface area contributed by atoms with Crippen LogP contribution in [0.25, 0.3) is 0 Å². The van der Waals surface area contributed by atoms with Crippen molar-refractivity contribution in [2.75, 3.05) is 13.2 Å². The first-order valence-corrected chi connectivity index (χ1v) is 11.2. The SMILES string of the molecule is NCC1CCC(NC(=O)C23CC4C[C@](c5ccccc5)(C2)C[C@@]3(CF)C4)CC1. The summed E-state index contributed by atoms with van der Waals surface area (Å²) in [6.07, 6.45) is 8.78. The van der Waals surface area contributed by atoms with Crippen LogP contribution < -0.4 is 11.1 Å². The predicted octanol–water partition coefficient (Wildman–Crippen LogP) is 4.11. The van der Waals surface area contributed by atoms with Crippen molar-refractivity contribution in [3.63, 3.8) is 0 Å². The average molecular weight is 385 g/mol. The third-order valence-electron chi connectivity index (χ3n) is 8.92. The normalized spacial score (nSPS) is 44.0. The standard InChI is InChI=1S/C24H33FN2O/c25-16-23-11-18-10-22(14-23,19-4-2-1-3-5-19)15-24(23,12-18)21(28)27-20-8-6-17(13-26)7-9-20/h1-5,17-18,20H,6-16,26H2,(H,27,28)/t17?,18?,20?,22-,23-,24?/m1/s1. The molecule has 0 aromatic heterocycles. The van der Waals surface area contributed by atoms with Gasteiger partial charge >= 0.3 is 0 Å². The van der Waals surface area contributed by atoms with Gasteiger partial charge in [-0.05, 0) is 87.1 Å². The number of carbonyl (C=O) groups is 1. The molecule has 5 aliphatic carbocycles. The van der Waals surface area contributed by atoms with Gasteiger partial charge in [-0.2, -0.15) is 0 Å². The van der Waals surface area contributed by atoms with Crippen molar-refractivity contribution >= 4 is 5.91 Å². The van der Waals surface area contributed by atoms with Crippen molar-refractivity contribution < 1.29 is 9.18 Å². The minimum Gasteiger partial charge on any atom is -0.353 e. The van der Waals surface area contributed by atoms with Gasteiger partial charge in [0.15, 0.2) is 0 Å². The Morgan fingerprint density at radius 1 is 1.07 bits per heavy atom. The second kappa shape index (κ2) is 6.55. The lowest BCUT2D eigenvalue weighted by molar-refractivity contribution is -0.138. The first-order chi connectivity index (χ1) is 13.5. The number of rotatable bonds is 5. The highest BCUT2D eigenvalue weighted by molar-refractivity contribution is 5.86. The van der Waals surface area contributed by atoms with Gasteiger partial charge in [0.1, 0.15) is 0 Å². The molecule has 1 amide bonds.